The van der Waals surface area contributed by atoms with E-state index >= 15 is 0 Å². The van der Waals surface area contributed by atoms with Crippen LogP contribution in [0.15, 0.2) is 0 Å². The SMILES string of the molecule is CC(C)(CO)CNC1CCCC1C#N. The Labute approximate surface area is 86.1 Å². The smallest absolute Gasteiger partial charge is 0.0672 e. The summed E-state index contributed by atoms with van der Waals surface area (Å²) in [6.45, 7) is 5.02. The van der Waals surface area contributed by atoms with Crippen molar-refractivity contribution >= 4 is 0 Å². The lowest BCUT2D eigenvalue weighted by atomic mass is 9.94. The van der Waals surface area contributed by atoms with E-state index in [0.717, 1.165) is 25.8 Å². The summed E-state index contributed by atoms with van der Waals surface area (Å²) >= 11 is 0. The average molecular weight is 196 g/mol. The lowest BCUT2D eigenvalue weighted by Gasteiger charge is -2.25. The predicted octanol–water partition coefficient (Wildman–Crippen LogP) is 1.29. The molecule has 1 rings (SSSR count). The molecule has 2 atom stereocenters. The first-order valence-electron chi connectivity index (χ1n) is 5.33. The van der Waals surface area contributed by atoms with Gasteiger partial charge in [-0.25, -0.2) is 0 Å². The van der Waals surface area contributed by atoms with Crippen molar-refractivity contribution in [2.75, 3.05) is 13.2 Å². The van der Waals surface area contributed by atoms with Crippen molar-refractivity contribution in [3.05, 3.63) is 0 Å². The summed E-state index contributed by atoms with van der Waals surface area (Å²) in [5.41, 5.74) is -0.0808. The van der Waals surface area contributed by atoms with Crippen molar-refractivity contribution in [3.63, 3.8) is 0 Å². The Morgan fingerprint density at radius 2 is 2.21 bits per heavy atom. The predicted molar refractivity (Wildman–Crippen MR) is 55.6 cm³/mol. The Morgan fingerprint density at radius 1 is 1.50 bits per heavy atom. The van der Waals surface area contributed by atoms with E-state index in [1.807, 2.05) is 13.8 Å². The zero-order valence-electron chi connectivity index (χ0n) is 9.08. The summed E-state index contributed by atoms with van der Waals surface area (Å²) < 4.78 is 0. The quantitative estimate of drug-likeness (QED) is 0.712. The third-order valence-corrected chi connectivity index (χ3v) is 2.95. The Kier molecular flexibility index (Phi) is 3.91. The van der Waals surface area contributed by atoms with E-state index in [0.29, 0.717) is 6.04 Å². The molecule has 0 aromatic heterocycles. The minimum Gasteiger partial charge on any atom is -0.396 e. The van der Waals surface area contributed by atoms with Gasteiger partial charge in [-0.05, 0) is 12.8 Å². The Morgan fingerprint density at radius 3 is 2.79 bits per heavy atom. The van der Waals surface area contributed by atoms with Crippen LogP contribution >= 0.6 is 0 Å². The van der Waals surface area contributed by atoms with Crippen molar-refractivity contribution in [2.45, 2.75) is 39.2 Å². The standard InChI is InChI=1S/C11H20N2O/c1-11(2,8-14)7-13-10-5-3-4-9(10)6-12/h9-10,13-14H,3-5,7-8H2,1-2H3. The molecular weight excluding hydrogens is 176 g/mol. The third kappa shape index (κ3) is 2.97. The molecule has 0 aromatic carbocycles. The maximum Gasteiger partial charge on any atom is 0.0672 e. The van der Waals surface area contributed by atoms with Crippen LogP contribution in [0.25, 0.3) is 0 Å². The molecule has 0 aliphatic heterocycles. The lowest BCUT2D eigenvalue weighted by molar-refractivity contribution is 0.152. The molecule has 0 aromatic rings. The maximum absolute atomic E-state index is 9.09. The van der Waals surface area contributed by atoms with Crippen LogP contribution in [-0.4, -0.2) is 24.3 Å². The Bertz CT molecular complexity index is 220. The van der Waals surface area contributed by atoms with Crippen LogP contribution in [-0.2, 0) is 0 Å². The number of aliphatic hydroxyl groups excluding tert-OH is 1. The first kappa shape index (κ1) is 11.5. The largest absolute Gasteiger partial charge is 0.396 e. The van der Waals surface area contributed by atoms with Gasteiger partial charge in [-0.3, -0.25) is 0 Å². The van der Waals surface area contributed by atoms with Crippen LogP contribution in [0.4, 0.5) is 0 Å². The topological polar surface area (TPSA) is 56.0 Å². The molecule has 1 aliphatic carbocycles. The minimum atomic E-state index is -0.0808. The van der Waals surface area contributed by atoms with E-state index < -0.39 is 0 Å². The third-order valence-electron chi connectivity index (χ3n) is 2.95. The molecule has 2 unspecified atom stereocenters. The molecule has 1 saturated carbocycles. The van der Waals surface area contributed by atoms with Crippen LogP contribution in [0.3, 0.4) is 0 Å². The summed E-state index contributed by atoms with van der Waals surface area (Å²) in [4.78, 5) is 0. The molecular formula is C11H20N2O. The van der Waals surface area contributed by atoms with Crippen molar-refractivity contribution in [1.82, 2.24) is 5.32 Å². The molecule has 1 fully saturated rings. The van der Waals surface area contributed by atoms with Gasteiger partial charge >= 0.3 is 0 Å². The highest BCUT2D eigenvalue weighted by Gasteiger charge is 2.28. The molecule has 80 valence electrons. The molecule has 0 saturated heterocycles. The number of nitriles is 1. The fourth-order valence-corrected chi connectivity index (χ4v) is 1.82. The molecule has 0 spiro atoms. The number of hydrogen-bond donors (Lipinski definition) is 2. The maximum atomic E-state index is 9.09. The van der Waals surface area contributed by atoms with Gasteiger partial charge in [0, 0.05) is 24.6 Å². The van der Waals surface area contributed by atoms with Gasteiger partial charge in [-0.15, -0.1) is 0 Å². The summed E-state index contributed by atoms with van der Waals surface area (Å²) in [7, 11) is 0. The van der Waals surface area contributed by atoms with Crippen molar-refractivity contribution < 1.29 is 5.11 Å². The summed E-state index contributed by atoms with van der Waals surface area (Å²) in [5.74, 6) is 0.171. The Hall–Kier alpha value is -0.590. The molecule has 3 nitrogen and oxygen atoms in total. The number of aliphatic hydroxyl groups is 1. The molecule has 2 N–H and O–H groups in total. The molecule has 0 bridgehead atoms. The molecule has 0 heterocycles. The zero-order chi connectivity index (χ0) is 10.6. The van der Waals surface area contributed by atoms with Gasteiger partial charge in [-0.1, -0.05) is 20.3 Å². The monoisotopic (exact) mass is 196 g/mol. The highest BCUT2D eigenvalue weighted by atomic mass is 16.3. The second-order valence-electron chi connectivity index (χ2n) is 4.98. The summed E-state index contributed by atoms with van der Waals surface area (Å²) in [6.07, 6.45) is 3.27. The van der Waals surface area contributed by atoms with Crippen LogP contribution in [0, 0.1) is 22.7 Å². The molecule has 3 heteroatoms. The first-order chi connectivity index (χ1) is 6.59. The van der Waals surface area contributed by atoms with Gasteiger partial charge in [0.1, 0.15) is 0 Å². The fraction of sp³-hybridized carbons (Fsp3) is 0.909. The summed E-state index contributed by atoms with van der Waals surface area (Å²) in [6, 6.07) is 2.68. The van der Waals surface area contributed by atoms with Crippen LogP contribution in [0.1, 0.15) is 33.1 Å². The van der Waals surface area contributed by atoms with E-state index in [-0.39, 0.29) is 17.9 Å². The lowest BCUT2D eigenvalue weighted by Crippen LogP contribution is -2.40. The van der Waals surface area contributed by atoms with Crippen LogP contribution in [0.5, 0.6) is 0 Å². The second kappa shape index (κ2) is 4.77. The van der Waals surface area contributed by atoms with Crippen LogP contribution in [0.2, 0.25) is 0 Å². The van der Waals surface area contributed by atoms with Gasteiger partial charge in [0.05, 0.1) is 12.0 Å². The molecule has 14 heavy (non-hydrogen) atoms. The van der Waals surface area contributed by atoms with Crippen molar-refractivity contribution in [3.8, 4) is 6.07 Å². The van der Waals surface area contributed by atoms with Crippen molar-refractivity contribution in [2.24, 2.45) is 11.3 Å². The Balaban J connectivity index is 2.35. The van der Waals surface area contributed by atoms with E-state index in [4.69, 9.17) is 10.4 Å². The summed E-state index contributed by atoms with van der Waals surface area (Å²) in [5, 5.41) is 21.4. The molecule has 0 amide bonds. The number of hydrogen-bond acceptors (Lipinski definition) is 3. The number of rotatable bonds is 4. The van der Waals surface area contributed by atoms with E-state index in [1.165, 1.54) is 0 Å². The van der Waals surface area contributed by atoms with Crippen LogP contribution < -0.4 is 5.32 Å². The van der Waals surface area contributed by atoms with Gasteiger partial charge in [-0.2, -0.15) is 5.26 Å². The van der Waals surface area contributed by atoms with Gasteiger partial charge in [0.2, 0.25) is 0 Å². The molecule has 0 radical (unpaired) electrons. The fourth-order valence-electron chi connectivity index (χ4n) is 1.82. The number of nitrogens with one attached hydrogen (secondary N) is 1. The second-order valence-corrected chi connectivity index (χ2v) is 4.98. The van der Waals surface area contributed by atoms with Crippen molar-refractivity contribution in [1.29, 1.82) is 5.26 Å². The van der Waals surface area contributed by atoms with E-state index in [9.17, 15) is 0 Å². The highest BCUT2D eigenvalue weighted by molar-refractivity contribution is 4.96. The van der Waals surface area contributed by atoms with Gasteiger partial charge < -0.3 is 10.4 Å². The average Bonchev–Trinajstić information content (AvgIpc) is 2.62. The first-order valence-corrected chi connectivity index (χ1v) is 5.33. The number of nitrogens with zero attached hydrogens (tertiary/aromatic N) is 1. The zero-order valence-corrected chi connectivity index (χ0v) is 9.08. The van der Waals surface area contributed by atoms with Gasteiger partial charge in [0.25, 0.3) is 0 Å². The van der Waals surface area contributed by atoms with E-state index in [1.54, 1.807) is 0 Å². The molecule has 1 aliphatic rings. The highest BCUT2D eigenvalue weighted by Crippen LogP contribution is 2.25. The van der Waals surface area contributed by atoms with Gasteiger partial charge in [0.15, 0.2) is 0 Å². The van der Waals surface area contributed by atoms with E-state index in [2.05, 4.69) is 11.4 Å². The minimum absolute atomic E-state index is 0.0808. The normalized spacial score (nSPS) is 27.6.